The maximum Gasteiger partial charge on any atom is 0.272 e. The number of aromatic nitrogens is 2. The average Bonchev–Trinajstić information content (AvgIpc) is 2.20. The van der Waals surface area contributed by atoms with Gasteiger partial charge in [0, 0.05) is 6.07 Å². The van der Waals surface area contributed by atoms with E-state index >= 15 is 0 Å². The molecule has 0 saturated carbocycles. The van der Waals surface area contributed by atoms with Crippen molar-refractivity contribution < 1.29 is 4.39 Å². The lowest BCUT2D eigenvalue weighted by atomic mass is 10.2. The molecule has 0 spiro atoms. The number of nitrogens with zero attached hydrogens (tertiary/aromatic N) is 2. The van der Waals surface area contributed by atoms with Gasteiger partial charge in [-0.2, -0.15) is 0 Å². The van der Waals surface area contributed by atoms with Crippen LogP contribution in [0.15, 0.2) is 16.4 Å². The van der Waals surface area contributed by atoms with Gasteiger partial charge in [0.1, 0.15) is 5.50 Å². The molecule has 16 heavy (non-hydrogen) atoms. The molecule has 0 aromatic carbocycles. The fourth-order valence-electron chi connectivity index (χ4n) is 1.38. The Balaban J connectivity index is 2.60. The summed E-state index contributed by atoms with van der Waals surface area (Å²) in [6.07, 6.45) is 1.66. The Bertz CT molecular complexity index is 514. The fourth-order valence-corrected chi connectivity index (χ4v) is 1.71. The zero-order chi connectivity index (χ0) is 11.9. The molecule has 86 valence electrons. The van der Waals surface area contributed by atoms with Crippen LogP contribution in [0.5, 0.6) is 0 Å². The van der Waals surface area contributed by atoms with Crippen LogP contribution in [0.3, 0.4) is 0 Å². The molecule has 1 aliphatic rings. The number of fused-ring (bicyclic) bond motifs is 1. The standard InChI is InChI=1S/C9H10ClFN3OP/c1-4-2-6-12-5(9(11)16)3-7(15)14(6)13-8(4)10/h2-3,8-9,13H,16H2,1H3. The third-order valence-electron chi connectivity index (χ3n) is 2.25. The van der Waals surface area contributed by atoms with Gasteiger partial charge in [0.25, 0.3) is 5.56 Å². The SMILES string of the molecule is CC1=Cc2nc(C(F)P)cc(=O)n2NC1Cl. The van der Waals surface area contributed by atoms with E-state index in [1.54, 1.807) is 13.0 Å². The summed E-state index contributed by atoms with van der Waals surface area (Å²) >= 11 is 5.92. The second-order valence-corrected chi connectivity index (χ2v) is 4.52. The Kier molecular flexibility index (Phi) is 3.00. The highest BCUT2D eigenvalue weighted by atomic mass is 35.5. The van der Waals surface area contributed by atoms with E-state index in [0.29, 0.717) is 5.82 Å². The first-order chi connectivity index (χ1) is 7.49. The van der Waals surface area contributed by atoms with E-state index in [0.717, 1.165) is 11.6 Å². The molecule has 2 heterocycles. The number of alkyl halides is 2. The molecule has 0 saturated heterocycles. The smallest absolute Gasteiger partial charge is 0.272 e. The second kappa shape index (κ2) is 4.15. The average molecular weight is 262 g/mol. The molecule has 0 amide bonds. The first-order valence-electron chi connectivity index (χ1n) is 4.61. The predicted octanol–water partition coefficient (Wildman–Crippen LogP) is 1.61. The Morgan fingerprint density at radius 3 is 3.06 bits per heavy atom. The van der Waals surface area contributed by atoms with Gasteiger partial charge in [-0.3, -0.25) is 10.2 Å². The highest BCUT2D eigenvalue weighted by Gasteiger charge is 2.19. The van der Waals surface area contributed by atoms with Crippen molar-refractivity contribution in [1.29, 1.82) is 0 Å². The minimum Gasteiger partial charge on any atom is -0.299 e. The molecule has 0 radical (unpaired) electrons. The summed E-state index contributed by atoms with van der Waals surface area (Å²) in [7, 11) is 1.96. The summed E-state index contributed by atoms with van der Waals surface area (Å²) in [4.78, 5) is 15.7. The molecule has 1 aromatic rings. The van der Waals surface area contributed by atoms with Gasteiger partial charge in [0.2, 0.25) is 0 Å². The van der Waals surface area contributed by atoms with Crippen LogP contribution in [0.4, 0.5) is 4.39 Å². The first-order valence-corrected chi connectivity index (χ1v) is 5.72. The second-order valence-electron chi connectivity index (χ2n) is 3.49. The van der Waals surface area contributed by atoms with E-state index in [-0.39, 0.29) is 11.3 Å². The molecule has 2 rings (SSSR count). The summed E-state index contributed by atoms with van der Waals surface area (Å²) < 4.78 is 14.3. The van der Waals surface area contributed by atoms with Crippen LogP contribution >= 0.6 is 20.8 Å². The summed E-state index contributed by atoms with van der Waals surface area (Å²) in [5, 5.41) is 0. The summed E-state index contributed by atoms with van der Waals surface area (Å²) in [6, 6.07) is 1.15. The Morgan fingerprint density at radius 2 is 2.44 bits per heavy atom. The van der Waals surface area contributed by atoms with Gasteiger partial charge in [-0.05, 0) is 18.6 Å². The molecule has 3 atom stereocenters. The predicted molar refractivity (Wildman–Crippen MR) is 64.7 cm³/mol. The lowest BCUT2D eigenvalue weighted by Crippen LogP contribution is -2.38. The highest BCUT2D eigenvalue weighted by Crippen LogP contribution is 2.23. The minimum atomic E-state index is -1.35. The van der Waals surface area contributed by atoms with Crippen LogP contribution in [-0.2, 0) is 0 Å². The molecule has 4 nitrogen and oxygen atoms in total. The lowest BCUT2D eigenvalue weighted by Gasteiger charge is -2.22. The maximum atomic E-state index is 13.0. The van der Waals surface area contributed by atoms with Crippen molar-refractivity contribution in [3.63, 3.8) is 0 Å². The van der Waals surface area contributed by atoms with Gasteiger partial charge in [0.05, 0.1) is 5.69 Å². The number of nitrogens with one attached hydrogen (secondary N) is 1. The lowest BCUT2D eigenvalue weighted by molar-refractivity contribution is 0.456. The van der Waals surface area contributed by atoms with Crippen LogP contribution < -0.4 is 11.0 Å². The van der Waals surface area contributed by atoms with Gasteiger partial charge in [0.15, 0.2) is 11.7 Å². The Morgan fingerprint density at radius 1 is 1.75 bits per heavy atom. The zero-order valence-electron chi connectivity index (χ0n) is 8.45. The van der Waals surface area contributed by atoms with Gasteiger partial charge in [-0.25, -0.2) is 14.1 Å². The van der Waals surface area contributed by atoms with Crippen LogP contribution in [0.25, 0.3) is 6.08 Å². The van der Waals surface area contributed by atoms with Crippen LogP contribution in [0.1, 0.15) is 24.4 Å². The minimum absolute atomic E-state index is 0.0973. The maximum absolute atomic E-state index is 13.0. The molecule has 0 bridgehead atoms. The van der Waals surface area contributed by atoms with Gasteiger partial charge in [-0.1, -0.05) is 20.8 Å². The van der Waals surface area contributed by atoms with Crippen LogP contribution in [-0.4, -0.2) is 15.2 Å². The molecular formula is C9H10ClFN3OP. The summed E-state index contributed by atoms with van der Waals surface area (Å²) in [6.45, 7) is 1.81. The molecule has 1 N–H and O–H groups in total. The first kappa shape index (κ1) is 11.6. The highest BCUT2D eigenvalue weighted by molar-refractivity contribution is 7.16. The Labute approximate surface area is 98.7 Å². The van der Waals surface area contributed by atoms with Crippen molar-refractivity contribution >= 4 is 26.9 Å². The van der Waals surface area contributed by atoms with Crippen molar-refractivity contribution in [2.45, 2.75) is 18.3 Å². The van der Waals surface area contributed by atoms with Gasteiger partial charge >= 0.3 is 0 Å². The summed E-state index contributed by atoms with van der Waals surface area (Å²) in [5.74, 6) is -0.983. The van der Waals surface area contributed by atoms with Crippen molar-refractivity contribution in [3.8, 4) is 0 Å². The largest absolute Gasteiger partial charge is 0.299 e. The molecule has 0 fully saturated rings. The topological polar surface area (TPSA) is 46.9 Å². The van der Waals surface area contributed by atoms with E-state index in [1.165, 1.54) is 4.68 Å². The van der Waals surface area contributed by atoms with E-state index in [2.05, 4.69) is 10.4 Å². The quantitative estimate of drug-likeness (QED) is 0.475. The fraction of sp³-hybridized carbons (Fsp3) is 0.333. The molecular weight excluding hydrogens is 252 g/mol. The van der Waals surface area contributed by atoms with Crippen molar-refractivity contribution in [3.05, 3.63) is 33.5 Å². The normalized spacial score (nSPS) is 20.8. The van der Waals surface area contributed by atoms with Crippen molar-refractivity contribution in [2.75, 3.05) is 5.43 Å². The van der Waals surface area contributed by atoms with E-state index in [9.17, 15) is 9.18 Å². The number of rotatable bonds is 1. The number of hydrogen-bond acceptors (Lipinski definition) is 3. The summed E-state index contributed by atoms with van der Waals surface area (Å²) in [5.41, 5.74) is 2.85. The number of halogens is 2. The van der Waals surface area contributed by atoms with E-state index < -0.39 is 11.4 Å². The van der Waals surface area contributed by atoms with E-state index in [4.69, 9.17) is 11.6 Å². The zero-order valence-corrected chi connectivity index (χ0v) is 10.4. The van der Waals surface area contributed by atoms with Crippen LogP contribution in [0.2, 0.25) is 0 Å². The molecule has 7 heteroatoms. The molecule has 1 aliphatic heterocycles. The van der Waals surface area contributed by atoms with E-state index in [1.807, 2.05) is 9.24 Å². The van der Waals surface area contributed by atoms with Crippen molar-refractivity contribution in [2.24, 2.45) is 0 Å². The Hall–Kier alpha value is -0.930. The molecule has 0 aliphatic carbocycles. The molecule has 1 aromatic heterocycles. The third kappa shape index (κ3) is 1.97. The third-order valence-corrected chi connectivity index (χ3v) is 3.03. The van der Waals surface area contributed by atoms with Gasteiger partial charge < -0.3 is 0 Å². The van der Waals surface area contributed by atoms with Crippen LogP contribution in [0, 0.1) is 0 Å². The van der Waals surface area contributed by atoms with Crippen molar-refractivity contribution in [1.82, 2.24) is 9.66 Å². The number of hydrogen-bond donors (Lipinski definition) is 1. The monoisotopic (exact) mass is 261 g/mol. The van der Waals surface area contributed by atoms with Gasteiger partial charge in [-0.15, -0.1) is 0 Å². The molecule has 3 unspecified atom stereocenters.